The molecule has 0 bridgehead atoms. The summed E-state index contributed by atoms with van der Waals surface area (Å²) in [4.78, 5) is 11.2. The van der Waals surface area contributed by atoms with E-state index in [1.807, 2.05) is 20.8 Å². The first-order valence-electron chi connectivity index (χ1n) is 5.26. The predicted molar refractivity (Wildman–Crippen MR) is 56.8 cm³/mol. The second-order valence-corrected chi connectivity index (χ2v) is 4.58. The fourth-order valence-corrected chi connectivity index (χ4v) is 1.07. The molecule has 1 amide bonds. The topological polar surface area (TPSA) is 59.6 Å². The Kier molecular flexibility index (Phi) is 4.35. The van der Waals surface area contributed by atoms with Crippen LogP contribution < -0.4 is 10.6 Å². The summed E-state index contributed by atoms with van der Waals surface area (Å²) in [5.74, 6) is 0. The second-order valence-electron chi connectivity index (χ2n) is 4.58. The van der Waals surface area contributed by atoms with Crippen LogP contribution in [-0.2, 0) is 9.47 Å². The van der Waals surface area contributed by atoms with Crippen molar-refractivity contribution in [1.82, 2.24) is 10.6 Å². The van der Waals surface area contributed by atoms with Gasteiger partial charge in [0, 0.05) is 19.6 Å². The third-order valence-corrected chi connectivity index (χ3v) is 1.87. The van der Waals surface area contributed by atoms with E-state index in [2.05, 4.69) is 10.6 Å². The molecule has 0 atom stereocenters. The van der Waals surface area contributed by atoms with E-state index in [1.54, 1.807) is 0 Å². The molecule has 0 radical (unpaired) electrons. The standard InChI is InChI=1S/C10H20N2O3/c1-10(2,3)15-9(13)12-4-5-14-8-6-11-7-8/h8,11H,4-7H2,1-3H3,(H,12,13). The third-order valence-electron chi connectivity index (χ3n) is 1.87. The maximum atomic E-state index is 11.2. The molecule has 2 N–H and O–H groups in total. The number of ether oxygens (including phenoxy) is 2. The smallest absolute Gasteiger partial charge is 0.407 e. The van der Waals surface area contributed by atoms with Crippen molar-refractivity contribution in [3.8, 4) is 0 Å². The average Bonchev–Trinajstić information content (AvgIpc) is 1.96. The van der Waals surface area contributed by atoms with E-state index in [-0.39, 0.29) is 0 Å². The van der Waals surface area contributed by atoms with Crippen molar-refractivity contribution in [3.63, 3.8) is 0 Å². The highest BCUT2D eigenvalue weighted by Gasteiger charge is 2.17. The van der Waals surface area contributed by atoms with Gasteiger partial charge in [0.15, 0.2) is 0 Å². The summed E-state index contributed by atoms with van der Waals surface area (Å²) in [5.41, 5.74) is -0.442. The molecule has 0 unspecified atom stereocenters. The summed E-state index contributed by atoms with van der Waals surface area (Å²) in [6.07, 6.45) is -0.0803. The molecule has 0 aromatic carbocycles. The number of hydrogen-bond acceptors (Lipinski definition) is 4. The van der Waals surface area contributed by atoms with Gasteiger partial charge in [0.1, 0.15) is 5.60 Å². The first-order valence-corrected chi connectivity index (χ1v) is 5.26. The molecule has 0 aliphatic carbocycles. The molecule has 1 saturated heterocycles. The zero-order chi connectivity index (χ0) is 11.3. The van der Waals surface area contributed by atoms with Crippen molar-refractivity contribution in [3.05, 3.63) is 0 Å². The van der Waals surface area contributed by atoms with Gasteiger partial charge < -0.3 is 20.1 Å². The van der Waals surface area contributed by atoms with Crippen molar-refractivity contribution < 1.29 is 14.3 Å². The molecular formula is C10H20N2O3. The number of carbonyl (C=O) groups excluding carboxylic acids is 1. The number of nitrogens with one attached hydrogen (secondary N) is 2. The van der Waals surface area contributed by atoms with E-state index < -0.39 is 11.7 Å². The Bertz CT molecular complexity index is 209. The van der Waals surface area contributed by atoms with Crippen LogP contribution >= 0.6 is 0 Å². The quantitative estimate of drug-likeness (QED) is 0.672. The summed E-state index contributed by atoms with van der Waals surface area (Å²) in [6.45, 7) is 8.35. The monoisotopic (exact) mass is 216 g/mol. The molecule has 5 nitrogen and oxygen atoms in total. The van der Waals surface area contributed by atoms with Crippen LogP contribution in [0, 0.1) is 0 Å². The first kappa shape index (κ1) is 12.3. The Balaban J connectivity index is 1.96. The zero-order valence-corrected chi connectivity index (χ0v) is 9.63. The lowest BCUT2D eigenvalue weighted by molar-refractivity contribution is 0.0167. The van der Waals surface area contributed by atoms with Crippen molar-refractivity contribution in [1.29, 1.82) is 0 Å². The molecule has 15 heavy (non-hydrogen) atoms. The van der Waals surface area contributed by atoms with Crippen molar-refractivity contribution in [2.75, 3.05) is 26.2 Å². The predicted octanol–water partition coefficient (Wildman–Crippen LogP) is 0.500. The minimum absolute atomic E-state index is 0.311. The highest BCUT2D eigenvalue weighted by atomic mass is 16.6. The summed E-state index contributed by atoms with van der Waals surface area (Å²) >= 11 is 0. The number of rotatable bonds is 4. The molecule has 1 heterocycles. The minimum Gasteiger partial charge on any atom is -0.444 e. The first-order chi connectivity index (χ1) is 6.97. The fraction of sp³-hybridized carbons (Fsp3) is 0.900. The van der Waals surface area contributed by atoms with Crippen molar-refractivity contribution in [2.24, 2.45) is 0 Å². The van der Waals surface area contributed by atoms with Crippen LogP contribution in [0.15, 0.2) is 0 Å². The van der Waals surface area contributed by atoms with E-state index in [9.17, 15) is 4.79 Å². The molecule has 0 spiro atoms. The van der Waals surface area contributed by atoms with Gasteiger partial charge in [-0.15, -0.1) is 0 Å². The Labute approximate surface area is 90.5 Å². The molecule has 88 valence electrons. The molecule has 0 saturated carbocycles. The van der Waals surface area contributed by atoms with E-state index in [4.69, 9.17) is 9.47 Å². The maximum absolute atomic E-state index is 11.2. The highest BCUT2D eigenvalue weighted by Crippen LogP contribution is 2.06. The number of amides is 1. The molecule has 1 fully saturated rings. The molecule has 1 rings (SSSR count). The second kappa shape index (κ2) is 5.32. The van der Waals surface area contributed by atoms with Gasteiger partial charge in [-0.3, -0.25) is 0 Å². The van der Waals surface area contributed by atoms with Crippen LogP contribution in [0.25, 0.3) is 0 Å². The van der Waals surface area contributed by atoms with Crippen LogP contribution in [0.2, 0.25) is 0 Å². The molecule has 0 aromatic heterocycles. The van der Waals surface area contributed by atoms with Gasteiger partial charge in [0.05, 0.1) is 12.7 Å². The van der Waals surface area contributed by atoms with Crippen LogP contribution in [-0.4, -0.2) is 44.0 Å². The summed E-state index contributed by atoms with van der Waals surface area (Å²) in [7, 11) is 0. The Morgan fingerprint density at radius 3 is 2.60 bits per heavy atom. The molecule has 5 heteroatoms. The number of carbonyl (C=O) groups is 1. The van der Waals surface area contributed by atoms with Crippen LogP contribution in [0.1, 0.15) is 20.8 Å². The fourth-order valence-electron chi connectivity index (χ4n) is 1.07. The van der Waals surface area contributed by atoms with E-state index in [0.29, 0.717) is 19.3 Å². The molecule has 1 aliphatic heterocycles. The number of hydrogen-bond donors (Lipinski definition) is 2. The zero-order valence-electron chi connectivity index (χ0n) is 9.63. The molecule has 0 aromatic rings. The summed E-state index contributed by atoms with van der Waals surface area (Å²) in [6, 6.07) is 0. The summed E-state index contributed by atoms with van der Waals surface area (Å²) in [5, 5.41) is 5.74. The van der Waals surface area contributed by atoms with Gasteiger partial charge in [0.2, 0.25) is 0 Å². The third kappa shape index (κ3) is 5.59. The Hall–Kier alpha value is -0.810. The lowest BCUT2D eigenvalue weighted by Crippen LogP contribution is -2.49. The van der Waals surface area contributed by atoms with E-state index >= 15 is 0 Å². The van der Waals surface area contributed by atoms with Gasteiger partial charge in [-0.2, -0.15) is 0 Å². The maximum Gasteiger partial charge on any atom is 0.407 e. The van der Waals surface area contributed by atoms with Crippen LogP contribution in [0.5, 0.6) is 0 Å². The van der Waals surface area contributed by atoms with Crippen LogP contribution in [0.4, 0.5) is 4.79 Å². The van der Waals surface area contributed by atoms with Crippen molar-refractivity contribution in [2.45, 2.75) is 32.5 Å². The van der Waals surface area contributed by atoms with Crippen LogP contribution in [0.3, 0.4) is 0 Å². The number of alkyl carbamates (subject to hydrolysis) is 1. The van der Waals surface area contributed by atoms with Crippen molar-refractivity contribution >= 4 is 6.09 Å². The summed E-state index contributed by atoms with van der Waals surface area (Å²) < 4.78 is 10.5. The van der Waals surface area contributed by atoms with E-state index in [1.165, 1.54) is 0 Å². The Morgan fingerprint density at radius 1 is 1.47 bits per heavy atom. The normalized spacial score (nSPS) is 17.0. The highest BCUT2D eigenvalue weighted by molar-refractivity contribution is 5.67. The largest absolute Gasteiger partial charge is 0.444 e. The molecular weight excluding hydrogens is 196 g/mol. The lowest BCUT2D eigenvalue weighted by Gasteiger charge is -2.27. The van der Waals surface area contributed by atoms with Gasteiger partial charge in [-0.25, -0.2) is 4.79 Å². The lowest BCUT2D eigenvalue weighted by atomic mass is 10.2. The SMILES string of the molecule is CC(C)(C)OC(=O)NCCOC1CNC1. The van der Waals surface area contributed by atoms with Gasteiger partial charge >= 0.3 is 6.09 Å². The van der Waals surface area contributed by atoms with Gasteiger partial charge in [0.25, 0.3) is 0 Å². The van der Waals surface area contributed by atoms with Gasteiger partial charge in [-0.05, 0) is 20.8 Å². The minimum atomic E-state index is -0.442. The molecule has 1 aliphatic rings. The van der Waals surface area contributed by atoms with E-state index in [0.717, 1.165) is 13.1 Å². The average molecular weight is 216 g/mol. The Morgan fingerprint density at radius 2 is 2.13 bits per heavy atom. The van der Waals surface area contributed by atoms with Gasteiger partial charge in [-0.1, -0.05) is 0 Å².